The maximum Gasteiger partial charge on any atom is 0.242 e. The minimum absolute atomic E-state index is 1.15. The van der Waals surface area contributed by atoms with E-state index in [1.54, 1.807) is 5.56 Å². The molecule has 2 saturated heterocycles. The number of pyridine rings is 1. The van der Waals surface area contributed by atoms with Gasteiger partial charge in [0.1, 0.15) is 15.3 Å². The van der Waals surface area contributed by atoms with Crippen molar-refractivity contribution < 1.29 is 4.98 Å². The number of nitrogens with one attached hydrogen (secondary N) is 1. The molecule has 0 amide bonds. The summed E-state index contributed by atoms with van der Waals surface area (Å²) in [6.45, 7) is 4.63. The van der Waals surface area contributed by atoms with Crippen molar-refractivity contribution in [3.8, 4) is 0 Å². The van der Waals surface area contributed by atoms with Crippen molar-refractivity contribution in [2.24, 2.45) is 0 Å². The summed E-state index contributed by atoms with van der Waals surface area (Å²) >= 11 is 1.85. The number of H-pyrrole nitrogens is 1. The summed E-state index contributed by atoms with van der Waals surface area (Å²) < 4.78 is 1.30. The van der Waals surface area contributed by atoms with Crippen LogP contribution in [0.5, 0.6) is 0 Å². The van der Waals surface area contributed by atoms with Crippen molar-refractivity contribution in [3.63, 3.8) is 0 Å². The molecule has 0 aromatic carbocycles. The van der Waals surface area contributed by atoms with Crippen LogP contribution in [0.25, 0.3) is 20.4 Å². The highest BCUT2D eigenvalue weighted by molar-refractivity contribution is 7.26. The van der Waals surface area contributed by atoms with Crippen molar-refractivity contribution in [2.75, 3.05) is 36.0 Å². The first-order valence-corrected chi connectivity index (χ1v) is 11.9. The molecule has 28 heavy (non-hydrogen) atoms. The third kappa shape index (κ3) is 2.60. The number of fused-ring (bicyclic) bond motifs is 5. The first-order chi connectivity index (χ1) is 13.9. The lowest BCUT2D eigenvalue weighted by Crippen LogP contribution is -2.31. The fraction of sp³-hybridized carbons (Fsp3) is 0.591. The number of anilines is 2. The third-order valence-electron chi connectivity index (χ3n) is 6.80. The first-order valence-electron chi connectivity index (χ1n) is 11.0. The van der Waals surface area contributed by atoms with Gasteiger partial charge in [-0.05, 0) is 68.9 Å². The molecule has 0 atom stereocenters. The Morgan fingerprint density at radius 3 is 2.36 bits per heavy atom. The van der Waals surface area contributed by atoms with E-state index >= 15 is 0 Å². The number of nitrogens with zero attached hydrogens (tertiary/aromatic N) is 4. The molecule has 3 aromatic rings. The number of piperidine rings is 1. The quantitative estimate of drug-likeness (QED) is 0.656. The standard InChI is InChI=1S/C22H27N5S/c1-4-10-26(11-5-1)20-16-9-3-2-8-15(16)17-18-19(28-22(17)25-20)21(24-14-23-18)27-12-6-7-13-27/h14H,1-13H2/p+1. The highest BCUT2D eigenvalue weighted by atomic mass is 32.1. The zero-order valence-corrected chi connectivity index (χ0v) is 17.3. The third-order valence-corrected chi connectivity index (χ3v) is 7.88. The maximum atomic E-state index is 5.29. The lowest BCUT2D eigenvalue weighted by molar-refractivity contribution is -0.366. The molecule has 0 radical (unpaired) electrons. The minimum atomic E-state index is 1.15. The van der Waals surface area contributed by atoms with Crippen LogP contribution in [0.4, 0.5) is 11.6 Å². The molecule has 6 rings (SSSR count). The van der Waals surface area contributed by atoms with Crippen LogP contribution >= 0.6 is 11.3 Å². The monoisotopic (exact) mass is 394 g/mol. The van der Waals surface area contributed by atoms with E-state index in [0.717, 1.165) is 13.1 Å². The normalized spacial score (nSPS) is 20.3. The van der Waals surface area contributed by atoms with E-state index in [2.05, 4.69) is 14.8 Å². The molecule has 0 saturated carbocycles. The average molecular weight is 395 g/mol. The van der Waals surface area contributed by atoms with Crippen LogP contribution in [0.2, 0.25) is 0 Å². The van der Waals surface area contributed by atoms with Crippen LogP contribution in [-0.4, -0.2) is 36.1 Å². The number of thiophene rings is 1. The van der Waals surface area contributed by atoms with Gasteiger partial charge in [0.2, 0.25) is 12.1 Å². The van der Waals surface area contributed by atoms with Crippen molar-refractivity contribution in [2.45, 2.75) is 57.8 Å². The van der Waals surface area contributed by atoms with Gasteiger partial charge in [-0.15, -0.1) is 16.3 Å². The van der Waals surface area contributed by atoms with Gasteiger partial charge >= 0.3 is 0 Å². The van der Waals surface area contributed by atoms with Gasteiger partial charge in [-0.3, -0.25) is 4.90 Å². The summed E-state index contributed by atoms with van der Waals surface area (Å²) in [6, 6.07) is 0. The summed E-state index contributed by atoms with van der Waals surface area (Å²) in [5.41, 5.74) is 4.25. The number of rotatable bonds is 2. The maximum absolute atomic E-state index is 5.29. The van der Waals surface area contributed by atoms with Crippen LogP contribution in [0, 0.1) is 0 Å². The zero-order valence-electron chi connectivity index (χ0n) is 16.5. The van der Waals surface area contributed by atoms with Crippen molar-refractivity contribution in [3.05, 3.63) is 17.5 Å². The van der Waals surface area contributed by atoms with Gasteiger partial charge in [0.05, 0.1) is 18.5 Å². The Kier molecular flexibility index (Phi) is 4.14. The predicted molar refractivity (Wildman–Crippen MR) is 116 cm³/mol. The van der Waals surface area contributed by atoms with Gasteiger partial charge in [-0.25, -0.2) is 9.97 Å². The molecule has 0 unspecified atom stereocenters. The van der Waals surface area contributed by atoms with Gasteiger partial charge < -0.3 is 4.90 Å². The number of aryl methyl sites for hydroxylation is 1. The smallest absolute Gasteiger partial charge is 0.242 e. The number of hydrogen-bond acceptors (Lipinski definition) is 5. The van der Waals surface area contributed by atoms with E-state index in [1.807, 2.05) is 17.7 Å². The molecule has 0 spiro atoms. The molecular formula is C22H28N5S+. The Labute approximate surface area is 169 Å². The highest BCUT2D eigenvalue weighted by Crippen LogP contribution is 2.43. The molecule has 6 heteroatoms. The minimum Gasteiger partial charge on any atom is -0.356 e. The fourth-order valence-electron chi connectivity index (χ4n) is 5.40. The van der Waals surface area contributed by atoms with E-state index in [9.17, 15) is 0 Å². The Morgan fingerprint density at radius 2 is 1.54 bits per heavy atom. The summed E-state index contributed by atoms with van der Waals surface area (Å²) in [5, 5.41) is 1.35. The van der Waals surface area contributed by atoms with Gasteiger partial charge in [0, 0.05) is 13.1 Å². The van der Waals surface area contributed by atoms with Crippen LogP contribution in [0.3, 0.4) is 0 Å². The molecule has 3 aliphatic rings. The van der Waals surface area contributed by atoms with Gasteiger partial charge in [-0.1, -0.05) is 0 Å². The Morgan fingerprint density at radius 1 is 0.821 bits per heavy atom. The number of aromatic amines is 1. The van der Waals surface area contributed by atoms with E-state index in [1.165, 1.54) is 109 Å². The summed E-state index contributed by atoms with van der Waals surface area (Å²) in [4.78, 5) is 19.8. The first kappa shape index (κ1) is 17.0. The van der Waals surface area contributed by atoms with Crippen LogP contribution < -0.4 is 14.8 Å². The molecule has 3 aromatic heterocycles. The van der Waals surface area contributed by atoms with E-state index in [4.69, 9.17) is 9.97 Å². The van der Waals surface area contributed by atoms with E-state index < -0.39 is 0 Å². The molecule has 146 valence electrons. The molecule has 2 fully saturated rings. The molecular weight excluding hydrogens is 366 g/mol. The summed E-state index contributed by atoms with van der Waals surface area (Å²) in [5.74, 6) is 2.55. The van der Waals surface area contributed by atoms with E-state index in [0.29, 0.717) is 0 Å². The van der Waals surface area contributed by atoms with Crippen LogP contribution in [0.1, 0.15) is 56.1 Å². The van der Waals surface area contributed by atoms with Crippen molar-refractivity contribution in [1.82, 2.24) is 9.97 Å². The lowest BCUT2D eigenvalue weighted by atomic mass is 9.89. The Hall–Kier alpha value is -1.95. The van der Waals surface area contributed by atoms with Crippen molar-refractivity contribution in [1.29, 1.82) is 0 Å². The van der Waals surface area contributed by atoms with Gasteiger partial charge in [-0.2, -0.15) is 0 Å². The highest BCUT2D eigenvalue weighted by Gasteiger charge is 2.29. The predicted octanol–water partition coefficient (Wildman–Crippen LogP) is 4.13. The molecule has 2 aliphatic heterocycles. The molecule has 1 N–H and O–H groups in total. The SMILES string of the molecule is c1nc2c(sc3nc(N4CCCCC4)c4c(c32)CCCC4)c(N2CCCC2)[nH+]1. The second-order valence-corrected chi connectivity index (χ2v) is 9.55. The van der Waals surface area contributed by atoms with Gasteiger partial charge in [0.15, 0.2) is 5.52 Å². The average Bonchev–Trinajstić information content (AvgIpc) is 3.41. The fourth-order valence-corrected chi connectivity index (χ4v) is 6.59. The van der Waals surface area contributed by atoms with Crippen LogP contribution in [0.15, 0.2) is 6.33 Å². The van der Waals surface area contributed by atoms with Crippen molar-refractivity contribution >= 4 is 43.4 Å². The number of aromatic nitrogens is 3. The summed E-state index contributed by atoms with van der Waals surface area (Å²) in [7, 11) is 0. The van der Waals surface area contributed by atoms with Crippen LogP contribution in [-0.2, 0) is 12.8 Å². The molecule has 0 bridgehead atoms. The topological polar surface area (TPSA) is 46.4 Å². The Balaban J connectivity index is 1.59. The zero-order chi connectivity index (χ0) is 18.5. The lowest BCUT2D eigenvalue weighted by Gasteiger charge is -2.31. The molecule has 5 nitrogen and oxygen atoms in total. The van der Waals surface area contributed by atoms with Gasteiger partial charge in [0.25, 0.3) is 0 Å². The number of hydrogen-bond donors (Lipinski definition) is 0. The molecule has 5 heterocycles. The second-order valence-electron chi connectivity index (χ2n) is 8.55. The van der Waals surface area contributed by atoms with E-state index in [-0.39, 0.29) is 0 Å². The largest absolute Gasteiger partial charge is 0.356 e. The Bertz CT molecular complexity index is 1030. The molecule has 1 aliphatic carbocycles. The summed E-state index contributed by atoms with van der Waals surface area (Å²) in [6.07, 6.45) is 13.4. The second kappa shape index (κ2) is 6.83.